The number of hydrogen-bond acceptors (Lipinski definition) is 7. The van der Waals surface area contributed by atoms with E-state index in [9.17, 15) is 8.78 Å². The average molecular weight is 548 g/mol. The maximum atomic E-state index is 16.1. The van der Waals surface area contributed by atoms with E-state index in [4.69, 9.17) is 4.98 Å². The molecule has 5 aromatic rings. The number of fused-ring (bicyclic) bond motifs is 2. The molecule has 0 bridgehead atoms. The molecule has 2 fully saturated rings. The molecule has 40 heavy (non-hydrogen) atoms. The molecule has 0 saturated carbocycles. The number of H-pyrrole nitrogens is 2. The number of anilines is 1. The molecule has 4 aromatic heterocycles. The smallest absolute Gasteiger partial charge is 0.261 e. The molecule has 206 valence electrons. The molecule has 2 N–H and O–H groups in total. The number of pyridine rings is 2. The number of benzene rings is 1. The predicted octanol–water partition coefficient (Wildman–Crippen LogP) is 4.30. The molecule has 2 aliphatic rings. The lowest BCUT2D eigenvalue weighted by molar-refractivity contribution is 0.0115. The van der Waals surface area contributed by atoms with Crippen molar-refractivity contribution in [3.8, 4) is 22.8 Å². The van der Waals surface area contributed by atoms with Gasteiger partial charge in [-0.3, -0.25) is 20.0 Å². The molecule has 2 saturated heterocycles. The Labute approximate surface area is 228 Å². The summed E-state index contributed by atoms with van der Waals surface area (Å²) in [5.41, 5.74) is 4.81. The van der Waals surface area contributed by atoms with E-state index in [-0.39, 0.29) is 24.0 Å². The molecule has 9 nitrogen and oxygen atoms in total. The molecule has 1 aromatic carbocycles. The number of nitrogens with zero attached hydrogens (tertiary/aromatic N) is 7. The first-order valence-corrected chi connectivity index (χ1v) is 13.3. The normalized spacial score (nSPS) is 18.4. The molecule has 6 heterocycles. The van der Waals surface area contributed by atoms with E-state index in [1.54, 1.807) is 17.2 Å². The number of aromatic nitrogens is 6. The number of imidazole rings is 1. The zero-order chi connectivity index (χ0) is 27.4. The number of rotatable bonds is 5. The van der Waals surface area contributed by atoms with Crippen LogP contribution in [0.25, 0.3) is 44.7 Å². The van der Waals surface area contributed by atoms with Crippen molar-refractivity contribution in [2.45, 2.75) is 18.9 Å². The summed E-state index contributed by atoms with van der Waals surface area (Å²) in [5, 5.41) is 7.55. The summed E-state index contributed by atoms with van der Waals surface area (Å²) in [6.07, 6.45) is 4.53. The lowest BCUT2D eigenvalue weighted by atomic mass is 10.1. The summed E-state index contributed by atoms with van der Waals surface area (Å²) >= 11 is 0. The Kier molecular flexibility index (Phi) is 5.97. The van der Waals surface area contributed by atoms with Crippen LogP contribution in [0.3, 0.4) is 0 Å². The lowest BCUT2D eigenvalue weighted by Crippen LogP contribution is -2.44. The Hall–Kier alpha value is -4.03. The van der Waals surface area contributed by atoms with Gasteiger partial charge in [0, 0.05) is 63.6 Å². The highest BCUT2D eigenvalue weighted by Gasteiger charge is 2.38. The summed E-state index contributed by atoms with van der Waals surface area (Å²) < 4.78 is 43.4. The van der Waals surface area contributed by atoms with E-state index in [1.165, 1.54) is 12.4 Å². The summed E-state index contributed by atoms with van der Waals surface area (Å²) in [6, 6.07) is 7.76. The van der Waals surface area contributed by atoms with Crippen LogP contribution in [0.15, 0.2) is 42.9 Å². The molecule has 0 atom stereocenters. The minimum atomic E-state index is -2.68. The standard InChI is InChI=1S/C28H28F3N9/c1-38-7-9-40(10-8-38)21-4-2-3-19-25(21)35-27(34-19)26-22-20(36-37-26)14-33-24(23(22)29)18-11-17(12-32-13-18)15-39-6-5-28(30,31)16-39/h2-4,11-14H,5-10,15-16H2,1H3,(H,34,35)(H,36,37). The van der Waals surface area contributed by atoms with Crippen LogP contribution < -0.4 is 4.90 Å². The van der Waals surface area contributed by atoms with Gasteiger partial charge in [-0.05, 0) is 30.8 Å². The van der Waals surface area contributed by atoms with E-state index >= 15 is 4.39 Å². The zero-order valence-electron chi connectivity index (χ0n) is 22.0. The Balaban J connectivity index is 1.24. The van der Waals surface area contributed by atoms with Crippen molar-refractivity contribution in [3.05, 3.63) is 54.2 Å². The maximum absolute atomic E-state index is 16.1. The highest BCUT2D eigenvalue weighted by atomic mass is 19.3. The van der Waals surface area contributed by atoms with Gasteiger partial charge in [-0.1, -0.05) is 6.07 Å². The van der Waals surface area contributed by atoms with Crippen molar-refractivity contribution in [2.75, 3.05) is 51.2 Å². The number of para-hydroxylation sites is 1. The van der Waals surface area contributed by atoms with Crippen LogP contribution >= 0.6 is 0 Å². The summed E-state index contributed by atoms with van der Waals surface area (Å²) in [4.78, 5) is 23.1. The Morgan fingerprint density at radius 1 is 1.00 bits per heavy atom. The highest BCUT2D eigenvalue weighted by molar-refractivity contribution is 5.97. The number of aromatic amines is 2. The van der Waals surface area contributed by atoms with Crippen LogP contribution in [0.1, 0.15) is 12.0 Å². The lowest BCUT2D eigenvalue weighted by Gasteiger charge is -2.34. The number of nitrogens with one attached hydrogen (secondary N) is 2. The summed E-state index contributed by atoms with van der Waals surface area (Å²) in [7, 11) is 2.12. The topological polar surface area (TPSA) is 92.9 Å². The van der Waals surface area contributed by atoms with E-state index in [2.05, 4.69) is 48.1 Å². The number of halogens is 3. The minimum Gasteiger partial charge on any atom is -0.367 e. The number of piperazine rings is 1. The van der Waals surface area contributed by atoms with Gasteiger partial charge in [0.1, 0.15) is 16.9 Å². The second kappa shape index (κ2) is 9.56. The third kappa shape index (κ3) is 4.46. The molecule has 0 unspecified atom stereocenters. The van der Waals surface area contributed by atoms with Gasteiger partial charge >= 0.3 is 0 Å². The first-order chi connectivity index (χ1) is 19.3. The fourth-order valence-electron chi connectivity index (χ4n) is 5.68. The average Bonchev–Trinajstić information content (AvgIpc) is 3.65. The van der Waals surface area contributed by atoms with Crippen molar-refractivity contribution in [1.82, 2.24) is 39.9 Å². The molecular formula is C28H28F3N9. The van der Waals surface area contributed by atoms with Crippen molar-refractivity contribution in [2.24, 2.45) is 0 Å². The van der Waals surface area contributed by atoms with Gasteiger partial charge in [-0.2, -0.15) is 5.10 Å². The molecular weight excluding hydrogens is 519 g/mol. The van der Waals surface area contributed by atoms with Gasteiger partial charge in [-0.15, -0.1) is 0 Å². The summed E-state index contributed by atoms with van der Waals surface area (Å²) in [6.45, 7) is 4.08. The molecule has 0 amide bonds. The number of alkyl halides is 2. The Morgan fingerprint density at radius 2 is 1.85 bits per heavy atom. The third-order valence-electron chi connectivity index (χ3n) is 7.83. The fourth-order valence-corrected chi connectivity index (χ4v) is 5.68. The second-order valence-electron chi connectivity index (χ2n) is 10.7. The van der Waals surface area contributed by atoms with Crippen LogP contribution in [0, 0.1) is 5.82 Å². The van der Waals surface area contributed by atoms with Crippen molar-refractivity contribution < 1.29 is 13.2 Å². The van der Waals surface area contributed by atoms with Gasteiger partial charge in [0.15, 0.2) is 11.6 Å². The van der Waals surface area contributed by atoms with Crippen LogP contribution in [0.2, 0.25) is 0 Å². The van der Waals surface area contributed by atoms with Crippen LogP contribution in [-0.2, 0) is 6.54 Å². The van der Waals surface area contributed by atoms with Crippen molar-refractivity contribution in [1.29, 1.82) is 0 Å². The third-order valence-corrected chi connectivity index (χ3v) is 7.83. The Bertz CT molecular complexity index is 1700. The summed E-state index contributed by atoms with van der Waals surface area (Å²) in [5.74, 6) is -2.77. The second-order valence-corrected chi connectivity index (χ2v) is 10.7. The monoisotopic (exact) mass is 547 g/mol. The van der Waals surface area contributed by atoms with E-state index in [1.807, 2.05) is 12.1 Å². The van der Waals surface area contributed by atoms with Crippen molar-refractivity contribution >= 4 is 27.6 Å². The first-order valence-electron chi connectivity index (χ1n) is 13.3. The van der Waals surface area contributed by atoms with Gasteiger partial charge < -0.3 is 14.8 Å². The SMILES string of the molecule is CN1CCN(c2cccc3[nH]c(-c4n[nH]c5cnc(-c6cncc(CN7CCC(F)(F)C7)c6)c(F)c45)nc23)CC1. The molecule has 12 heteroatoms. The maximum Gasteiger partial charge on any atom is 0.261 e. The number of hydrogen-bond donors (Lipinski definition) is 2. The highest BCUT2D eigenvalue weighted by Crippen LogP contribution is 2.35. The van der Waals surface area contributed by atoms with Gasteiger partial charge in [-0.25, -0.2) is 18.2 Å². The Morgan fingerprint density at radius 3 is 2.65 bits per heavy atom. The van der Waals surface area contributed by atoms with Gasteiger partial charge in [0.25, 0.3) is 5.92 Å². The van der Waals surface area contributed by atoms with Crippen molar-refractivity contribution in [3.63, 3.8) is 0 Å². The first kappa shape index (κ1) is 25.0. The largest absolute Gasteiger partial charge is 0.367 e. The molecule has 0 spiro atoms. The number of likely N-dealkylation sites (tertiary alicyclic amines) is 1. The van der Waals surface area contributed by atoms with Crippen LogP contribution in [-0.4, -0.2) is 92.2 Å². The zero-order valence-corrected chi connectivity index (χ0v) is 22.0. The number of likely N-dealkylation sites (N-methyl/N-ethyl adjacent to an activating group) is 1. The molecule has 7 rings (SSSR count). The van der Waals surface area contributed by atoms with E-state index in [0.717, 1.165) is 48.5 Å². The minimum absolute atomic E-state index is 0.116. The molecule has 2 aliphatic heterocycles. The van der Waals surface area contributed by atoms with Crippen LogP contribution in [0.5, 0.6) is 0 Å². The van der Waals surface area contributed by atoms with Crippen LogP contribution in [0.4, 0.5) is 18.9 Å². The quantitative estimate of drug-likeness (QED) is 0.339. The van der Waals surface area contributed by atoms with Gasteiger partial charge in [0.05, 0.1) is 34.8 Å². The van der Waals surface area contributed by atoms with E-state index < -0.39 is 11.7 Å². The fraction of sp³-hybridized carbons (Fsp3) is 0.357. The van der Waals surface area contributed by atoms with E-state index in [0.29, 0.717) is 35.7 Å². The molecule has 0 radical (unpaired) electrons. The van der Waals surface area contributed by atoms with Gasteiger partial charge in [0.2, 0.25) is 0 Å². The molecule has 0 aliphatic carbocycles. The predicted molar refractivity (Wildman–Crippen MR) is 147 cm³/mol.